The van der Waals surface area contributed by atoms with Crippen LogP contribution in [-0.4, -0.2) is 23.6 Å². The molecule has 6 heteroatoms. The number of amides is 1. The Kier molecular flexibility index (Phi) is 4.10. The first-order valence-corrected chi connectivity index (χ1v) is 6.30. The van der Waals surface area contributed by atoms with Crippen molar-refractivity contribution < 1.29 is 19.4 Å². The summed E-state index contributed by atoms with van der Waals surface area (Å²) < 4.78 is 4.72. The molecule has 0 saturated carbocycles. The van der Waals surface area contributed by atoms with Crippen LogP contribution in [0.15, 0.2) is 41.3 Å². The van der Waals surface area contributed by atoms with Crippen molar-refractivity contribution in [2.75, 3.05) is 6.61 Å². The summed E-state index contributed by atoms with van der Waals surface area (Å²) in [5, 5.41) is 12.9. The predicted octanol–water partition coefficient (Wildman–Crippen LogP) is 2.19. The third-order valence-corrected chi connectivity index (χ3v) is 2.88. The van der Waals surface area contributed by atoms with E-state index in [4.69, 9.17) is 16.3 Å². The van der Waals surface area contributed by atoms with Crippen molar-refractivity contribution in [1.29, 1.82) is 0 Å². The number of hydrogen-bond acceptors (Lipinski definition) is 4. The number of halogens is 1. The van der Waals surface area contributed by atoms with Gasteiger partial charge in [0, 0.05) is 5.02 Å². The lowest BCUT2D eigenvalue weighted by Gasteiger charge is -2.00. The molecular weight excluding hydrogens is 282 g/mol. The maximum absolute atomic E-state index is 11.7. The summed E-state index contributed by atoms with van der Waals surface area (Å²) in [6, 6.07) is 6.80. The Morgan fingerprint density at radius 2 is 2.05 bits per heavy atom. The van der Waals surface area contributed by atoms with Gasteiger partial charge in [-0.25, -0.2) is 4.79 Å². The van der Waals surface area contributed by atoms with Crippen LogP contribution in [0, 0.1) is 0 Å². The van der Waals surface area contributed by atoms with Gasteiger partial charge in [-0.15, -0.1) is 0 Å². The molecule has 5 nitrogen and oxygen atoms in total. The Balaban J connectivity index is 2.33. The summed E-state index contributed by atoms with van der Waals surface area (Å²) in [5.41, 5.74) is 0.494. The second-order valence-electron chi connectivity index (χ2n) is 4.01. The molecule has 2 N–H and O–H groups in total. The van der Waals surface area contributed by atoms with Crippen LogP contribution in [0.3, 0.4) is 0 Å². The fraction of sp³-hybridized carbons (Fsp3) is 0.143. The van der Waals surface area contributed by atoms with E-state index in [0.29, 0.717) is 5.02 Å². The summed E-state index contributed by atoms with van der Waals surface area (Å²) >= 11 is 5.77. The van der Waals surface area contributed by atoms with E-state index in [9.17, 15) is 14.7 Å². The molecule has 1 aromatic rings. The molecule has 0 atom stereocenters. The summed E-state index contributed by atoms with van der Waals surface area (Å²) in [6.07, 6.45) is 1.54. The highest BCUT2D eigenvalue weighted by Gasteiger charge is 2.33. The largest absolute Gasteiger partial charge is 0.505 e. The van der Waals surface area contributed by atoms with Gasteiger partial charge in [0.1, 0.15) is 0 Å². The van der Waals surface area contributed by atoms with Crippen molar-refractivity contribution in [2.45, 2.75) is 6.92 Å². The van der Waals surface area contributed by atoms with Gasteiger partial charge in [0.2, 0.25) is 0 Å². The number of hydrogen-bond donors (Lipinski definition) is 2. The van der Waals surface area contributed by atoms with Gasteiger partial charge in [0.15, 0.2) is 11.3 Å². The van der Waals surface area contributed by atoms with Crippen LogP contribution in [-0.2, 0) is 14.3 Å². The van der Waals surface area contributed by atoms with Crippen molar-refractivity contribution in [1.82, 2.24) is 5.32 Å². The highest BCUT2D eigenvalue weighted by atomic mass is 35.5. The zero-order valence-corrected chi connectivity index (χ0v) is 11.4. The number of nitrogens with one attached hydrogen (secondary N) is 1. The van der Waals surface area contributed by atoms with Crippen LogP contribution in [0.2, 0.25) is 5.02 Å². The van der Waals surface area contributed by atoms with Crippen LogP contribution in [0.25, 0.3) is 6.08 Å². The minimum absolute atomic E-state index is 0.124. The molecule has 1 aromatic carbocycles. The molecule has 0 bridgehead atoms. The average Bonchev–Trinajstić information content (AvgIpc) is 2.67. The summed E-state index contributed by atoms with van der Waals surface area (Å²) in [4.78, 5) is 23.2. The molecule has 0 aliphatic carbocycles. The summed E-state index contributed by atoms with van der Waals surface area (Å²) in [7, 11) is 0. The molecule has 104 valence electrons. The van der Waals surface area contributed by atoms with Crippen LogP contribution >= 0.6 is 11.6 Å². The fourth-order valence-corrected chi connectivity index (χ4v) is 1.83. The number of aliphatic hydroxyl groups is 1. The minimum Gasteiger partial charge on any atom is -0.505 e. The second kappa shape index (κ2) is 5.79. The highest BCUT2D eigenvalue weighted by molar-refractivity contribution is 6.30. The van der Waals surface area contributed by atoms with Gasteiger partial charge in [0.05, 0.1) is 12.3 Å². The molecule has 1 aliphatic heterocycles. The fourth-order valence-electron chi connectivity index (χ4n) is 1.71. The van der Waals surface area contributed by atoms with E-state index < -0.39 is 17.6 Å². The van der Waals surface area contributed by atoms with E-state index in [0.717, 1.165) is 5.56 Å². The Bertz CT molecular complexity index is 617. The van der Waals surface area contributed by atoms with E-state index in [-0.39, 0.29) is 17.9 Å². The first-order valence-electron chi connectivity index (χ1n) is 5.92. The van der Waals surface area contributed by atoms with Crippen molar-refractivity contribution in [3.05, 3.63) is 51.9 Å². The van der Waals surface area contributed by atoms with E-state index in [1.807, 2.05) is 0 Å². The number of benzene rings is 1. The smallest absolute Gasteiger partial charge is 0.347 e. The number of aliphatic hydroxyl groups excluding tert-OH is 1. The predicted molar refractivity (Wildman–Crippen MR) is 73.9 cm³/mol. The van der Waals surface area contributed by atoms with Crippen LogP contribution < -0.4 is 5.32 Å². The standard InChI is InChI=1S/C14H12ClNO4/c1-2-20-14(19)11-12(17)10(16-13(11)18)7-8-3-5-9(15)6-4-8/h3-7,17H,2H2,1H3,(H,16,18)/b10-7+. The molecule has 0 aromatic heterocycles. The van der Waals surface area contributed by atoms with Gasteiger partial charge in [-0.05, 0) is 30.7 Å². The topological polar surface area (TPSA) is 75.6 Å². The van der Waals surface area contributed by atoms with Crippen LogP contribution in [0.5, 0.6) is 0 Å². The van der Waals surface area contributed by atoms with Gasteiger partial charge in [0.25, 0.3) is 5.91 Å². The molecule has 0 saturated heterocycles. The molecule has 1 heterocycles. The van der Waals surface area contributed by atoms with Crippen molar-refractivity contribution in [3.63, 3.8) is 0 Å². The van der Waals surface area contributed by atoms with E-state index >= 15 is 0 Å². The van der Waals surface area contributed by atoms with Crippen molar-refractivity contribution in [3.8, 4) is 0 Å². The Labute approximate surface area is 120 Å². The normalized spacial score (nSPS) is 16.5. The summed E-state index contributed by atoms with van der Waals surface area (Å²) in [5.74, 6) is -1.94. The lowest BCUT2D eigenvalue weighted by Crippen LogP contribution is -2.21. The van der Waals surface area contributed by atoms with Gasteiger partial charge >= 0.3 is 5.97 Å². The summed E-state index contributed by atoms with van der Waals surface area (Å²) in [6.45, 7) is 1.74. The second-order valence-corrected chi connectivity index (χ2v) is 4.44. The van der Waals surface area contributed by atoms with Crippen molar-refractivity contribution >= 4 is 29.6 Å². The molecule has 2 rings (SSSR count). The molecule has 0 radical (unpaired) electrons. The zero-order valence-electron chi connectivity index (χ0n) is 10.6. The highest BCUT2D eigenvalue weighted by Crippen LogP contribution is 2.22. The molecule has 0 spiro atoms. The molecule has 20 heavy (non-hydrogen) atoms. The number of esters is 1. The van der Waals surface area contributed by atoms with E-state index in [1.165, 1.54) is 6.08 Å². The maximum atomic E-state index is 11.7. The monoisotopic (exact) mass is 293 g/mol. The number of ether oxygens (including phenoxy) is 1. The minimum atomic E-state index is -0.845. The Morgan fingerprint density at radius 1 is 1.40 bits per heavy atom. The van der Waals surface area contributed by atoms with Gasteiger partial charge in [-0.3, -0.25) is 4.79 Å². The van der Waals surface area contributed by atoms with Crippen LogP contribution in [0.1, 0.15) is 12.5 Å². The van der Waals surface area contributed by atoms with Gasteiger partial charge in [-0.2, -0.15) is 0 Å². The number of rotatable bonds is 3. The first-order chi connectivity index (χ1) is 9.52. The number of carbonyl (C=O) groups is 2. The lowest BCUT2D eigenvalue weighted by molar-refractivity contribution is -0.140. The average molecular weight is 294 g/mol. The van der Waals surface area contributed by atoms with Gasteiger partial charge < -0.3 is 15.2 Å². The molecule has 1 amide bonds. The third kappa shape index (κ3) is 2.83. The van der Waals surface area contributed by atoms with E-state index in [1.54, 1.807) is 31.2 Å². The lowest BCUT2D eigenvalue weighted by atomic mass is 10.1. The SMILES string of the molecule is CCOC(=O)C1=C(O)/C(=C\c2ccc(Cl)cc2)NC1=O. The molecular formula is C14H12ClNO4. The quantitative estimate of drug-likeness (QED) is 0.661. The number of carbonyl (C=O) groups excluding carboxylic acids is 2. The first kappa shape index (κ1) is 14.1. The third-order valence-electron chi connectivity index (χ3n) is 2.63. The Morgan fingerprint density at radius 3 is 2.65 bits per heavy atom. The maximum Gasteiger partial charge on any atom is 0.347 e. The molecule has 1 aliphatic rings. The molecule has 0 fully saturated rings. The zero-order chi connectivity index (χ0) is 14.7. The van der Waals surface area contributed by atoms with Gasteiger partial charge in [-0.1, -0.05) is 23.7 Å². The molecule has 0 unspecified atom stereocenters. The van der Waals surface area contributed by atoms with Crippen LogP contribution in [0.4, 0.5) is 0 Å². The Hall–Kier alpha value is -2.27. The van der Waals surface area contributed by atoms with Crippen molar-refractivity contribution in [2.24, 2.45) is 0 Å². The van der Waals surface area contributed by atoms with E-state index in [2.05, 4.69) is 5.32 Å².